The van der Waals surface area contributed by atoms with Crippen molar-refractivity contribution in [3.63, 3.8) is 0 Å². The Labute approximate surface area is 135 Å². The fraction of sp³-hybridized carbons (Fsp3) is 0.632. The number of hydrogen-bond acceptors (Lipinski definition) is 2. The summed E-state index contributed by atoms with van der Waals surface area (Å²) >= 11 is 0. The van der Waals surface area contributed by atoms with Gasteiger partial charge < -0.3 is 10.2 Å². The normalized spacial score (nSPS) is 20.6. The fourth-order valence-corrected chi connectivity index (χ4v) is 2.89. The van der Waals surface area contributed by atoms with E-state index >= 15 is 0 Å². The van der Waals surface area contributed by atoms with Gasteiger partial charge in [0.25, 0.3) is 0 Å². The quantitative estimate of drug-likeness (QED) is 0.910. The molecular formula is C19H30N2O. The summed E-state index contributed by atoms with van der Waals surface area (Å²) in [6.07, 6.45) is 2.62. The highest BCUT2D eigenvalue weighted by Crippen LogP contribution is 2.25. The van der Waals surface area contributed by atoms with Gasteiger partial charge >= 0.3 is 0 Å². The fourth-order valence-electron chi connectivity index (χ4n) is 2.89. The van der Waals surface area contributed by atoms with Gasteiger partial charge in [-0.25, -0.2) is 0 Å². The van der Waals surface area contributed by atoms with Crippen LogP contribution in [-0.2, 0) is 4.79 Å². The first-order valence-electron chi connectivity index (χ1n) is 8.43. The number of carbonyl (C=O) groups is 1. The lowest BCUT2D eigenvalue weighted by atomic mass is 9.94. The Hall–Kier alpha value is -1.51. The van der Waals surface area contributed by atoms with Gasteiger partial charge in [-0.2, -0.15) is 0 Å². The lowest BCUT2D eigenvalue weighted by Gasteiger charge is -2.33. The molecule has 1 aliphatic heterocycles. The molecule has 0 spiro atoms. The molecule has 1 saturated heterocycles. The molecule has 2 atom stereocenters. The number of hydrogen-bond donors (Lipinski definition) is 1. The van der Waals surface area contributed by atoms with Crippen LogP contribution >= 0.6 is 0 Å². The zero-order valence-electron chi connectivity index (χ0n) is 14.6. The van der Waals surface area contributed by atoms with Gasteiger partial charge in [-0.1, -0.05) is 39.8 Å². The van der Waals surface area contributed by atoms with Crippen LogP contribution in [-0.4, -0.2) is 19.0 Å². The molecule has 3 heteroatoms. The minimum absolute atomic E-state index is 0.0426. The molecule has 22 heavy (non-hydrogen) atoms. The van der Waals surface area contributed by atoms with E-state index < -0.39 is 0 Å². The van der Waals surface area contributed by atoms with Gasteiger partial charge in [0.05, 0.1) is 6.04 Å². The smallest absolute Gasteiger partial charge is 0.225 e. The maximum atomic E-state index is 12.1. The van der Waals surface area contributed by atoms with E-state index in [1.54, 1.807) is 0 Å². The summed E-state index contributed by atoms with van der Waals surface area (Å²) in [4.78, 5) is 14.5. The first kappa shape index (κ1) is 16.9. The second-order valence-corrected chi connectivity index (χ2v) is 7.73. The lowest BCUT2D eigenvalue weighted by Crippen LogP contribution is -2.36. The van der Waals surface area contributed by atoms with E-state index in [2.05, 4.69) is 41.4 Å². The summed E-state index contributed by atoms with van der Waals surface area (Å²) in [6.45, 7) is 12.5. The van der Waals surface area contributed by atoms with Gasteiger partial charge in [0.15, 0.2) is 0 Å². The van der Waals surface area contributed by atoms with Crippen LogP contribution in [0.5, 0.6) is 0 Å². The van der Waals surface area contributed by atoms with Crippen molar-refractivity contribution < 1.29 is 4.79 Å². The molecule has 1 N–H and O–H groups in total. The van der Waals surface area contributed by atoms with Crippen LogP contribution in [0, 0.1) is 11.3 Å². The third-order valence-corrected chi connectivity index (χ3v) is 4.44. The molecule has 1 aliphatic rings. The number of nitrogens with zero attached hydrogens (tertiary/aromatic N) is 1. The van der Waals surface area contributed by atoms with E-state index in [9.17, 15) is 4.79 Å². The Morgan fingerprint density at radius 2 is 1.91 bits per heavy atom. The van der Waals surface area contributed by atoms with Crippen LogP contribution in [0.2, 0.25) is 0 Å². The van der Waals surface area contributed by atoms with Crippen LogP contribution < -0.4 is 10.2 Å². The second-order valence-electron chi connectivity index (χ2n) is 7.73. The molecule has 1 amide bonds. The molecule has 2 rings (SSSR count). The Morgan fingerprint density at radius 1 is 1.27 bits per heavy atom. The van der Waals surface area contributed by atoms with Crippen molar-refractivity contribution >= 4 is 11.6 Å². The van der Waals surface area contributed by atoms with Crippen LogP contribution in [0.1, 0.15) is 59.1 Å². The number of piperidine rings is 1. The first-order chi connectivity index (χ1) is 10.3. The number of carbonyl (C=O) groups excluding carboxylic acids is 1. The van der Waals surface area contributed by atoms with E-state index in [4.69, 9.17) is 0 Å². The number of rotatable bonds is 3. The molecule has 1 aromatic rings. The third-order valence-electron chi connectivity index (χ3n) is 4.44. The Bertz CT molecular complexity index is 501. The van der Waals surface area contributed by atoms with E-state index in [1.165, 1.54) is 18.5 Å². The largest absolute Gasteiger partial charge is 0.371 e. The van der Waals surface area contributed by atoms with E-state index in [-0.39, 0.29) is 17.4 Å². The zero-order chi connectivity index (χ0) is 16.3. The standard InChI is InChI=1S/C19H30N2O/c1-14-7-6-12-21(13-14)17-10-8-16(9-11-17)15(2)20-18(22)19(3,4)5/h8-11,14-15H,6-7,12-13H2,1-5H3,(H,20,22)/t14-,15+/m0/s1. The molecule has 1 fully saturated rings. The maximum Gasteiger partial charge on any atom is 0.225 e. The van der Waals surface area contributed by atoms with Crippen molar-refractivity contribution in [2.75, 3.05) is 18.0 Å². The van der Waals surface area contributed by atoms with Crippen molar-refractivity contribution in [2.24, 2.45) is 11.3 Å². The molecule has 0 aliphatic carbocycles. The van der Waals surface area contributed by atoms with Gasteiger partial charge in [-0.15, -0.1) is 0 Å². The van der Waals surface area contributed by atoms with Crippen LogP contribution in [0.4, 0.5) is 5.69 Å². The van der Waals surface area contributed by atoms with Crippen molar-refractivity contribution in [1.82, 2.24) is 5.32 Å². The molecule has 122 valence electrons. The highest BCUT2D eigenvalue weighted by atomic mass is 16.2. The first-order valence-corrected chi connectivity index (χ1v) is 8.43. The summed E-state index contributed by atoms with van der Waals surface area (Å²) in [5.74, 6) is 0.868. The molecule has 0 radical (unpaired) electrons. The average Bonchev–Trinajstić information content (AvgIpc) is 2.46. The van der Waals surface area contributed by atoms with Gasteiger partial charge in [0.1, 0.15) is 0 Å². The molecule has 0 bridgehead atoms. The Morgan fingerprint density at radius 3 is 2.45 bits per heavy atom. The van der Waals surface area contributed by atoms with Gasteiger partial charge in [0, 0.05) is 24.2 Å². The number of amides is 1. The highest BCUT2D eigenvalue weighted by Gasteiger charge is 2.23. The van der Waals surface area contributed by atoms with Gasteiger partial charge in [-0.3, -0.25) is 4.79 Å². The predicted octanol–water partition coefficient (Wildman–Crippen LogP) is 4.15. The third kappa shape index (κ3) is 4.25. The SMILES string of the molecule is C[C@H]1CCCN(c2ccc([C@@H](C)NC(=O)C(C)(C)C)cc2)C1. The average molecular weight is 302 g/mol. The Balaban J connectivity index is 2.00. The molecule has 0 unspecified atom stereocenters. The molecule has 1 heterocycles. The summed E-state index contributed by atoms with van der Waals surface area (Å²) in [6, 6.07) is 8.70. The van der Waals surface area contributed by atoms with Crippen LogP contribution in [0.3, 0.4) is 0 Å². The van der Waals surface area contributed by atoms with Gasteiger partial charge in [0.2, 0.25) is 5.91 Å². The second kappa shape index (κ2) is 6.72. The molecule has 0 saturated carbocycles. The summed E-state index contributed by atoms with van der Waals surface area (Å²) < 4.78 is 0. The topological polar surface area (TPSA) is 32.3 Å². The maximum absolute atomic E-state index is 12.1. The number of benzene rings is 1. The number of nitrogens with one attached hydrogen (secondary N) is 1. The minimum atomic E-state index is -0.349. The van der Waals surface area contributed by atoms with Crippen LogP contribution in [0.25, 0.3) is 0 Å². The Kier molecular flexibility index (Phi) is 5.15. The summed E-state index contributed by atoms with van der Waals surface area (Å²) in [5, 5.41) is 3.09. The monoisotopic (exact) mass is 302 g/mol. The lowest BCUT2D eigenvalue weighted by molar-refractivity contribution is -0.129. The van der Waals surface area contributed by atoms with Crippen molar-refractivity contribution in [3.8, 4) is 0 Å². The molecule has 1 aromatic carbocycles. The van der Waals surface area contributed by atoms with E-state index in [1.807, 2.05) is 27.7 Å². The zero-order valence-corrected chi connectivity index (χ0v) is 14.6. The highest BCUT2D eigenvalue weighted by molar-refractivity contribution is 5.81. The summed E-state index contributed by atoms with van der Waals surface area (Å²) in [7, 11) is 0. The van der Waals surface area contributed by atoms with Crippen molar-refractivity contribution in [3.05, 3.63) is 29.8 Å². The van der Waals surface area contributed by atoms with Crippen molar-refractivity contribution in [2.45, 2.75) is 53.5 Å². The molecule has 0 aromatic heterocycles. The van der Waals surface area contributed by atoms with Crippen LogP contribution in [0.15, 0.2) is 24.3 Å². The summed E-state index contributed by atoms with van der Waals surface area (Å²) in [5.41, 5.74) is 2.11. The molecular weight excluding hydrogens is 272 g/mol. The van der Waals surface area contributed by atoms with Crippen molar-refractivity contribution in [1.29, 1.82) is 0 Å². The molecule has 3 nitrogen and oxygen atoms in total. The predicted molar refractivity (Wildman–Crippen MR) is 93.1 cm³/mol. The minimum Gasteiger partial charge on any atom is -0.371 e. The van der Waals surface area contributed by atoms with E-state index in [0.29, 0.717) is 0 Å². The van der Waals surface area contributed by atoms with E-state index in [0.717, 1.165) is 24.6 Å². The van der Waals surface area contributed by atoms with Gasteiger partial charge in [-0.05, 0) is 43.4 Å². The number of anilines is 1.